The first-order valence-corrected chi connectivity index (χ1v) is 12.4. The minimum Gasteiger partial charge on any atom is -0.490 e. The second-order valence-corrected chi connectivity index (χ2v) is 10.1. The molecule has 1 saturated heterocycles. The van der Waals surface area contributed by atoms with Crippen LogP contribution in [0.25, 0.3) is 0 Å². The lowest BCUT2D eigenvalue weighted by Gasteiger charge is -2.17. The Morgan fingerprint density at radius 3 is 2.71 bits per heavy atom. The Morgan fingerprint density at radius 2 is 2.03 bits per heavy atom. The molecule has 172 valence electrons. The highest BCUT2D eigenvalue weighted by atomic mass is 32.2. The molecular formula is C21H30FN3O5S. The lowest BCUT2D eigenvalue weighted by molar-refractivity contribution is -0.118. The van der Waals surface area contributed by atoms with Crippen LogP contribution in [0.3, 0.4) is 0 Å². The lowest BCUT2D eigenvalue weighted by atomic mass is 10.1. The van der Waals surface area contributed by atoms with Gasteiger partial charge in [-0.2, -0.15) is 0 Å². The van der Waals surface area contributed by atoms with Crippen LogP contribution in [-0.2, 0) is 14.8 Å². The molecule has 31 heavy (non-hydrogen) atoms. The number of imide groups is 1. The third-order valence-electron chi connectivity index (χ3n) is 5.50. The summed E-state index contributed by atoms with van der Waals surface area (Å²) < 4.78 is 47.0. The molecule has 2 aliphatic rings. The number of carbonyl (C=O) groups excluding carboxylic acids is 2. The van der Waals surface area contributed by atoms with Crippen LogP contribution in [-0.4, -0.2) is 50.7 Å². The van der Waals surface area contributed by atoms with Crippen LogP contribution in [0.1, 0.15) is 57.1 Å². The molecule has 1 aromatic carbocycles. The van der Waals surface area contributed by atoms with Gasteiger partial charge in [-0.05, 0) is 49.8 Å². The van der Waals surface area contributed by atoms with E-state index in [1.165, 1.54) is 23.8 Å². The van der Waals surface area contributed by atoms with Gasteiger partial charge in [-0.1, -0.05) is 25.3 Å². The smallest absolute Gasteiger partial charge is 0.324 e. The second kappa shape index (κ2) is 10.4. The highest BCUT2D eigenvalue weighted by molar-refractivity contribution is 7.89. The summed E-state index contributed by atoms with van der Waals surface area (Å²) in [6.07, 6.45) is 4.99. The van der Waals surface area contributed by atoms with Gasteiger partial charge in [-0.25, -0.2) is 22.3 Å². The zero-order valence-electron chi connectivity index (χ0n) is 17.7. The maximum absolute atomic E-state index is 14.0. The summed E-state index contributed by atoms with van der Waals surface area (Å²) in [5, 5.41) is 2.21. The van der Waals surface area contributed by atoms with E-state index in [2.05, 4.69) is 10.0 Å². The summed E-state index contributed by atoms with van der Waals surface area (Å²) in [6, 6.07) is 3.49. The molecule has 2 N–H and O–H groups in total. The minimum atomic E-state index is -3.52. The Balaban J connectivity index is 1.41. The van der Waals surface area contributed by atoms with Crippen LogP contribution in [0.5, 0.6) is 5.75 Å². The monoisotopic (exact) mass is 455 g/mol. The molecule has 10 heteroatoms. The standard InChI is InChI=1S/C21H30FN3O5S/c1-15(17-7-8-18(22)19(13-17)30-11-9-16-5-6-16)24-31(28,29)12-4-2-3-10-25-14-20(26)23-21(25)27/h7-8,13,15-16,24H,2-6,9-12,14H2,1H3,(H,23,26,27)/t15-/m0/s1. The van der Waals surface area contributed by atoms with Crippen LogP contribution in [0.15, 0.2) is 18.2 Å². The molecule has 0 bridgehead atoms. The van der Waals surface area contributed by atoms with Crippen molar-refractivity contribution in [2.45, 2.75) is 51.5 Å². The predicted octanol–water partition coefficient (Wildman–Crippen LogP) is 2.71. The highest BCUT2D eigenvalue weighted by Gasteiger charge is 2.26. The molecular weight excluding hydrogens is 425 g/mol. The summed E-state index contributed by atoms with van der Waals surface area (Å²) in [4.78, 5) is 24.0. The van der Waals surface area contributed by atoms with Gasteiger partial charge in [0, 0.05) is 12.6 Å². The van der Waals surface area contributed by atoms with E-state index in [9.17, 15) is 22.4 Å². The first-order valence-electron chi connectivity index (χ1n) is 10.7. The van der Waals surface area contributed by atoms with Crippen molar-refractivity contribution in [3.8, 4) is 5.75 Å². The minimum absolute atomic E-state index is 0.0472. The van der Waals surface area contributed by atoms with Gasteiger partial charge in [0.05, 0.1) is 12.4 Å². The third-order valence-corrected chi connectivity index (χ3v) is 7.04. The number of rotatable bonds is 13. The maximum atomic E-state index is 14.0. The molecule has 1 heterocycles. The fourth-order valence-corrected chi connectivity index (χ4v) is 4.85. The average molecular weight is 456 g/mol. The number of urea groups is 1. The van der Waals surface area contributed by atoms with Gasteiger partial charge in [0.15, 0.2) is 11.6 Å². The summed E-state index contributed by atoms with van der Waals surface area (Å²) in [6.45, 7) is 2.64. The first kappa shape index (κ1) is 23.5. The van der Waals surface area contributed by atoms with Crippen molar-refractivity contribution in [1.29, 1.82) is 0 Å². The summed E-state index contributed by atoms with van der Waals surface area (Å²) in [5.74, 6) is 0.0145. The molecule has 1 aromatic rings. The van der Waals surface area contributed by atoms with Crippen molar-refractivity contribution in [2.75, 3.05) is 25.4 Å². The normalized spacial score (nSPS) is 17.7. The fourth-order valence-electron chi connectivity index (χ4n) is 3.47. The number of hydrogen-bond donors (Lipinski definition) is 2. The molecule has 3 amide bonds. The molecule has 2 fully saturated rings. The Labute approximate surface area is 182 Å². The molecule has 0 spiro atoms. The topological polar surface area (TPSA) is 105 Å². The number of nitrogens with one attached hydrogen (secondary N) is 2. The summed E-state index contributed by atoms with van der Waals surface area (Å²) in [7, 11) is -3.52. The van der Waals surface area contributed by atoms with E-state index in [1.54, 1.807) is 19.1 Å². The number of ether oxygens (including phenoxy) is 1. The zero-order valence-corrected chi connectivity index (χ0v) is 18.5. The number of nitrogens with zero attached hydrogens (tertiary/aromatic N) is 1. The SMILES string of the molecule is C[C@H](NS(=O)(=O)CCCCCN1CC(=O)NC1=O)c1ccc(F)c(OCCC2CC2)c1. The van der Waals surface area contributed by atoms with E-state index in [0.717, 1.165) is 6.42 Å². The fraction of sp³-hybridized carbons (Fsp3) is 0.619. The summed E-state index contributed by atoms with van der Waals surface area (Å²) in [5.41, 5.74) is 0.635. The zero-order chi connectivity index (χ0) is 22.4. The van der Waals surface area contributed by atoms with E-state index < -0.39 is 27.9 Å². The molecule has 1 aliphatic heterocycles. The Morgan fingerprint density at radius 1 is 1.26 bits per heavy atom. The largest absolute Gasteiger partial charge is 0.490 e. The van der Waals surface area contributed by atoms with Crippen LogP contribution in [0.2, 0.25) is 0 Å². The van der Waals surface area contributed by atoms with Gasteiger partial charge in [0.1, 0.15) is 6.54 Å². The van der Waals surface area contributed by atoms with Gasteiger partial charge in [0.2, 0.25) is 15.9 Å². The van der Waals surface area contributed by atoms with Gasteiger partial charge in [-0.15, -0.1) is 0 Å². The predicted molar refractivity (Wildman–Crippen MR) is 114 cm³/mol. The van der Waals surface area contributed by atoms with E-state index in [4.69, 9.17) is 4.74 Å². The van der Waals surface area contributed by atoms with Crippen molar-refractivity contribution in [3.05, 3.63) is 29.6 Å². The Hall–Kier alpha value is -2.20. The van der Waals surface area contributed by atoms with Crippen LogP contribution in [0, 0.1) is 11.7 Å². The quantitative estimate of drug-likeness (QED) is 0.352. The maximum Gasteiger partial charge on any atom is 0.324 e. The van der Waals surface area contributed by atoms with Gasteiger partial charge >= 0.3 is 6.03 Å². The molecule has 0 aromatic heterocycles. The number of sulfonamides is 1. The molecule has 3 rings (SSSR count). The summed E-state index contributed by atoms with van der Waals surface area (Å²) >= 11 is 0. The van der Waals surface area contributed by atoms with Gasteiger partial charge in [-0.3, -0.25) is 10.1 Å². The van der Waals surface area contributed by atoms with Crippen molar-refractivity contribution in [3.63, 3.8) is 0 Å². The Bertz CT molecular complexity index is 904. The average Bonchev–Trinajstić information content (AvgIpc) is 3.46. The van der Waals surface area contributed by atoms with E-state index in [0.29, 0.717) is 43.9 Å². The molecule has 1 saturated carbocycles. The molecule has 8 nitrogen and oxygen atoms in total. The Kier molecular flexibility index (Phi) is 7.88. The molecule has 1 atom stereocenters. The number of hydrogen-bond acceptors (Lipinski definition) is 5. The number of unbranched alkanes of at least 4 members (excludes halogenated alkanes) is 2. The highest BCUT2D eigenvalue weighted by Crippen LogP contribution is 2.32. The molecule has 0 radical (unpaired) electrons. The van der Waals surface area contributed by atoms with E-state index in [-0.39, 0.29) is 24.0 Å². The number of amides is 3. The number of benzene rings is 1. The lowest BCUT2D eigenvalue weighted by Crippen LogP contribution is -2.30. The molecule has 0 unspecified atom stereocenters. The van der Waals surface area contributed by atoms with E-state index >= 15 is 0 Å². The van der Waals surface area contributed by atoms with Crippen LogP contribution in [0.4, 0.5) is 9.18 Å². The number of carbonyl (C=O) groups is 2. The van der Waals surface area contributed by atoms with Crippen LogP contribution < -0.4 is 14.8 Å². The second-order valence-electron chi connectivity index (χ2n) is 8.26. The molecule has 1 aliphatic carbocycles. The first-order chi connectivity index (χ1) is 14.7. The van der Waals surface area contributed by atoms with Crippen LogP contribution >= 0.6 is 0 Å². The van der Waals surface area contributed by atoms with Crippen molar-refractivity contribution < 1.29 is 27.1 Å². The van der Waals surface area contributed by atoms with Gasteiger partial charge in [0.25, 0.3) is 0 Å². The van der Waals surface area contributed by atoms with Crippen molar-refractivity contribution in [1.82, 2.24) is 14.9 Å². The van der Waals surface area contributed by atoms with Crippen molar-refractivity contribution in [2.24, 2.45) is 5.92 Å². The van der Waals surface area contributed by atoms with Crippen molar-refractivity contribution >= 4 is 22.0 Å². The number of halogens is 1. The van der Waals surface area contributed by atoms with Gasteiger partial charge < -0.3 is 9.64 Å². The third kappa shape index (κ3) is 7.46. The van der Waals surface area contributed by atoms with E-state index in [1.807, 2.05) is 0 Å².